The number of benzene rings is 1. The quantitative estimate of drug-likeness (QED) is 0.490. The maximum atomic E-state index is 12.9. The van der Waals surface area contributed by atoms with E-state index >= 15 is 0 Å². The fraction of sp³-hybridized carbons (Fsp3) is 0.682. The highest BCUT2D eigenvalue weighted by molar-refractivity contribution is 6.74. The van der Waals surface area contributed by atoms with E-state index < -0.39 is 13.9 Å². The second-order valence-electron chi connectivity index (χ2n) is 9.84. The summed E-state index contributed by atoms with van der Waals surface area (Å²) in [7, 11) is -1.97. The van der Waals surface area contributed by atoms with Gasteiger partial charge in [-0.1, -0.05) is 51.1 Å². The van der Waals surface area contributed by atoms with Gasteiger partial charge in [-0.25, -0.2) is 0 Å². The molecule has 0 aliphatic heterocycles. The van der Waals surface area contributed by atoms with Crippen LogP contribution < -0.4 is 5.32 Å². The SMILES string of the molecule is C[C@@H](O[Si](C)(C)C(C)(C)C)[C@@H](CNCc1ccccc1)C(=O)OC(C)(C)C. The molecule has 1 aromatic rings. The Balaban J connectivity index is 2.84. The molecule has 154 valence electrons. The molecule has 0 spiro atoms. The van der Waals surface area contributed by atoms with Crippen LogP contribution in [0.5, 0.6) is 0 Å². The molecule has 0 saturated heterocycles. The standard InChI is InChI=1S/C22H39NO3Si/c1-17(26-27(8,9)22(5,6)7)19(20(24)25-21(2,3)4)16-23-15-18-13-11-10-12-14-18/h10-14,17,19,23H,15-16H2,1-9H3/t17-,19-/m1/s1. The van der Waals surface area contributed by atoms with Crippen molar-refractivity contribution in [1.82, 2.24) is 5.32 Å². The van der Waals surface area contributed by atoms with Crippen LogP contribution in [0.1, 0.15) is 54.0 Å². The highest BCUT2D eigenvalue weighted by Gasteiger charge is 2.41. The summed E-state index contributed by atoms with van der Waals surface area (Å²) in [4.78, 5) is 12.9. The van der Waals surface area contributed by atoms with Crippen molar-refractivity contribution in [2.75, 3.05) is 6.54 Å². The summed E-state index contributed by atoms with van der Waals surface area (Å²) in [6, 6.07) is 10.2. The Kier molecular flexibility index (Phi) is 8.26. The minimum atomic E-state index is -1.97. The monoisotopic (exact) mass is 393 g/mol. The van der Waals surface area contributed by atoms with E-state index in [1.807, 2.05) is 45.9 Å². The van der Waals surface area contributed by atoms with E-state index in [0.717, 1.165) is 0 Å². The minimum absolute atomic E-state index is 0.0945. The second kappa shape index (κ2) is 9.35. The molecule has 0 saturated carbocycles. The van der Waals surface area contributed by atoms with Crippen LogP contribution in [-0.2, 0) is 20.5 Å². The van der Waals surface area contributed by atoms with E-state index in [2.05, 4.69) is 51.3 Å². The van der Waals surface area contributed by atoms with Crippen molar-refractivity contribution in [2.24, 2.45) is 5.92 Å². The van der Waals surface area contributed by atoms with Crippen molar-refractivity contribution < 1.29 is 14.0 Å². The summed E-state index contributed by atoms with van der Waals surface area (Å²) in [5.41, 5.74) is 0.684. The lowest BCUT2D eigenvalue weighted by atomic mass is 10.0. The molecule has 27 heavy (non-hydrogen) atoms. The Morgan fingerprint density at radius 1 is 1.07 bits per heavy atom. The summed E-state index contributed by atoms with van der Waals surface area (Å²) >= 11 is 0. The van der Waals surface area contributed by atoms with Gasteiger partial charge < -0.3 is 14.5 Å². The first-order chi connectivity index (χ1) is 12.2. The number of esters is 1. The van der Waals surface area contributed by atoms with Gasteiger partial charge in [-0.2, -0.15) is 0 Å². The van der Waals surface area contributed by atoms with E-state index in [0.29, 0.717) is 13.1 Å². The van der Waals surface area contributed by atoms with Gasteiger partial charge in [0.1, 0.15) is 5.60 Å². The Morgan fingerprint density at radius 2 is 1.63 bits per heavy atom. The van der Waals surface area contributed by atoms with E-state index in [9.17, 15) is 4.79 Å². The fourth-order valence-electron chi connectivity index (χ4n) is 2.51. The molecule has 0 amide bonds. The van der Waals surface area contributed by atoms with Crippen molar-refractivity contribution in [2.45, 2.75) is 84.8 Å². The molecule has 0 aliphatic carbocycles. The zero-order chi connectivity index (χ0) is 20.9. The molecule has 0 unspecified atom stereocenters. The molecule has 1 aromatic carbocycles. The highest BCUT2D eigenvalue weighted by atomic mass is 28.4. The third-order valence-corrected chi connectivity index (χ3v) is 9.67. The molecule has 0 fully saturated rings. The molecule has 0 heterocycles. The molecule has 0 bridgehead atoms. The summed E-state index contributed by atoms with van der Waals surface area (Å²) < 4.78 is 12.2. The van der Waals surface area contributed by atoms with Crippen LogP contribution in [0.15, 0.2) is 30.3 Å². The predicted molar refractivity (Wildman–Crippen MR) is 115 cm³/mol. The number of ether oxygens (including phenoxy) is 1. The zero-order valence-electron chi connectivity index (χ0n) is 18.7. The normalized spacial score (nSPS) is 15.3. The lowest BCUT2D eigenvalue weighted by Crippen LogP contribution is -2.48. The smallest absolute Gasteiger partial charge is 0.313 e. The number of rotatable bonds is 8. The molecular weight excluding hydrogens is 354 g/mol. The minimum Gasteiger partial charge on any atom is -0.460 e. The number of nitrogens with one attached hydrogen (secondary N) is 1. The van der Waals surface area contributed by atoms with Crippen molar-refractivity contribution in [1.29, 1.82) is 0 Å². The summed E-state index contributed by atoms with van der Waals surface area (Å²) in [6.45, 7) is 20.0. The van der Waals surface area contributed by atoms with Crippen molar-refractivity contribution in [3.05, 3.63) is 35.9 Å². The average molecular weight is 394 g/mol. The van der Waals surface area contributed by atoms with Gasteiger partial charge in [-0.3, -0.25) is 4.79 Å². The Hall–Kier alpha value is -1.17. The number of hydrogen-bond acceptors (Lipinski definition) is 4. The van der Waals surface area contributed by atoms with Crippen molar-refractivity contribution in [3.63, 3.8) is 0 Å². The van der Waals surface area contributed by atoms with Gasteiger partial charge in [-0.05, 0) is 51.4 Å². The molecule has 0 aliphatic rings. The predicted octanol–water partition coefficient (Wildman–Crippen LogP) is 5.14. The topological polar surface area (TPSA) is 47.6 Å². The maximum Gasteiger partial charge on any atom is 0.313 e. The molecule has 2 atom stereocenters. The zero-order valence-corrected chi connectivity index (χ0v) is 19.7. The number of carbonyl (C=O) groups excluding carboxylic acids is 1. The lowest BCUT2D eigenvalue weighted by Gasteiger charge is -2.40. The van der Waals surface area contributed by atoms with E-state index in [1.165, 1.54) is 5.56 Å². The van der Waals surface area contributed by atoms with Gasteiger partial charge in [0.25, 0.3) is 0 Å². The van der Waals surface area contributed by atoms with Crippen LogP contribution in [0.25, 0.3) is 0 Å². The van der Waals surface area contributed by atoms with Gasteiger partial charge in [0.15, 0.2) is 8.32 Å². The third kappa shape index (κ3) is 8.16. The highest BCUT2D eigenvalue weighted by Crippen LogP contribution is 2.38. The Labute approximate surface area is 167 Å². The first-order valence-electron chi connectivity index (χ1n) is 9.88. The van der Waals surface area contributed by atoms with Gasteiger partial charge in [-0.15, -0.1) is 0 Å². The lowest BCUT2D eigenvalue weighted by molar-refractivity contribution is -0.163. The van der Waals surface area contributed by atoms with Crippen LogP contribution in [0.3, 0.4) is 0 Å². The number of hydrogen-bond donors (Lipinski definition) is 1. The van der Waals surface area contributed by atoms with E-state index in [4.69, 9.17) is 9.16 Å². The average Bonchev–Trinajstić information content (AvgIpc) is 2.49. The summed E-state index contributed by atoms with van der Waals surface area (Å²) in [5, 5.41) is 3.50. The summed E-state index contributed by atoms with van der Waals surface area (Å²) in [6.07, 6.45) is -0.205. The third-order valence-electron chi connectivity index (χ3n) is 5.10. The fourth-order valence-corrected chi connectivity index (χ4v) is 3.96. The van der Waals surface area contributed by atoms with Crippen LogP contribution >= 0.6 is 0 Å². The molecule has 4 nitrogen and oxygen atoms in total. The van der Waals surface area contributed by atoms with Gasteiger partial charge in [0.2, 0.25) is 0 Å². The number of carbonyl (C=O) groups is 1. The molecule has 0 aromatic heterocycles. The van der Waals surface area contributed by atoms with Crippen molar-refractivity contribution in [3.8, 4) is 0 Å². The van der Waals surface area contributed by atoms with Gasteiger partial charge in [0, 0.05) is 13.1 Å². The van der Waals surface area contributed by atoms with Crippen LogP contribution in [0.2, 0.25) is 18.1 Å². The largest absolute Gasteiger partial charge is 0.460 e. The van der Waals surface area contributed by atoms with E-state index in [-0.39, 0.29) is 23.0 Å². The first kappa shape index (κ1) is 23.9. The van der Waals surface area contributed by atoms with Crippen LogP contribution in [0.4, 0.5) is 0 Å². The molecular formula is C22H39NO3Si. The first-order valence-corrected chi connectivity index (χ1v) is 12.8. The van der Waals surface area contributed by atoms with Crippen LogP contribution in [0, 0.1) is 5.92 Å². The molecule has 1 rings (SSSR count). The Morgan fingerprint density at radius 3 is 2.11 bits per heavy atom. The Bertz CT molecular complexity index is 588. The maximum absolute atomic E-state index is 12.9. The van der Waals surface area contributed by atoms with E-state index in [1.54, 1.807) is 0 Å². The molecule has 5 heteroatoms. The molecule has 1 N–H and O–H groups in total. The van der Waals surface area contributed by atoms with Gasteiger partial charge >= 0.3 is 5.97 Å². The summed E-state index contributed by atoms with van der Waals surface area (Å²) in [5.74, 6) is -0.545. The van der Waals surface area contributed by atoms with Crippen LogP contribution in [-0.4, -0.2) is 32.5 Å². The second-order valence-corrected chi connectivity index (χ2v) is 14.6. The van der Waals surface area contributed by atoms with Crippen molar-refractivity contribution >= 4 is 14.3 Å². The van der Waals surface area contributed by atoms with Gasteiger partial charge in [0.05, 0.1) is 12.0 Å². The molecule has 0 radical (unpaired) electrons.